The van der Waals surface area contributed by atoms with E-state index in [4.69, 9.17) is 0 Å². The number of rotatable bonds is 6. The predicted octanol–water partition coefficient (Wildman–Crippen LogP) is 5.68. The van der Waals surface area contributed by atoms with Crippen molar-refractivity contribution in [2.24, 2.45) is 11.8 Å². The third-order valence-corrected chi connectivity index (χ3v) is 3.68. The quantitative estimate of drug-likeness (QED) is 0.637. The molecule has 0 atom stereocenters. The molecule has 1 radical (unpaired) electrons. The van der Waals surface area contributed by atoms with Crippen molar-refractivity contribution in [1.29, 1.82) is 0 Å². The molecule has 21 heavy (non-hydrogen) atoms. The molecule has 2 aromatic rings. The Bertz CT molecular complexity index is 512. The number of hydrogen-bond donors (Lipinski definition) is 0. The lowest BCUT2D eigenvalue weighted by Gasteiger charge is -2.15. The fourth-order valence-corrected chi connectivity index (χ4v) is 2.77. The van der Waals surface area contributed by atoms with Crippen LogP contribution in [0.1, 0.15) is 49.9 Å². The molecule has 0 aliphatic carbocycles. The molecule has 0 bridgehead atoms. The topological polar surface area (TPSA) is 0 Å². The normalized spacial score (nSPS) is 11.3. The first-order valence-electron chi connectivity index (χ1n) is 8.07. The van der Waals surface area contributed by atoms with Gasteiger partial charge in [0, 0.05) is 6.42 Å². The van der Waals surface area contributed by atoms with Gasteiger partial charge in [0.2, 0.25) is 0 Å². The highest BCUT2D eigenvalue weighted by atomic mass is 14.1. The van der Waals surface area contributed by atoms with Crippen molar-refractivity contribution in [3.63, 3.8) is 0 Å². The minimum Gasteiger partial charge on any atom is -0.0625 e. The summed E-state index contributed by atoms with van der Waals surface area (Å²) in [7, 11) is 0. The van der Waals surface area contributed by atoms with Gasteiger partial charge >= 0.3 is 0 Å². The molecule has 0 aromatic heterocycles. The Kier molecular flexibility index (Phi) is 5.61. The Morgan fingerprint density at radius 2 is 1.05 bits per heavy atom. The van der Waals surface area contributed by atoms with Gasteiger partial charge in [0.1, 0.15) is 0 Å². The minimum absolute atomic E-state index is 0.686. The molecule has 0 saturated carbocycles. The maximum absolute atomic E-state index is 2.36. The first-order valence-corrected chi connectivity index (χ1v) is 8.07. The van der Waals surface area contributed by atoms with Crippen molar-refractivity contribution in [3.05, 3.63) is 77.2 Å². The zero-order valence-electron chi connectivity index (χ0n) is 13.8. The molecule has 2 rings (SSSR count). The zero-order valence-corrected chi connectivity index (χ0v) is 13.8. The summed E-state index contributed by atoms with van der Waals surface area (Å²) in [6.45, 7) is 9.12. The van der Waals surface area contributed by atoms with Crippen LogP contribution < -0.4 is 0 Å². The fourth-order valence-electron chi connectivity index (χ4n) is 2.77. The molecule has 0 fully saturated rings. The highest BCUT2D eigenvalue weighted by Gasteiger charge is 2.09. The third kappa shape index (κ3) is 4.74. The fraction of sp³-hybridized carbons (Fsp3) is 0.381. The van der Waals surface area contributed by atoms with E-state index in [9.17, 15) is 0 Å². The maximum atomic E-state index is 2.36. The Morgan fingerprint density at radius 3 is 1.43 bits per heavy atom. The monoisotopic (exact) mass is 279 g/mol. The average Bonchev–Trinajstić information content (AvgIpc) is 2.42. The summed E-state index contributed by atoms with van der Waals surface area (Å²) in [4.78, 5) is 0. The van der Waals surface area contributed by atoms with Gasteiger partial charge in [-0.15, -0.1) is 0 Å². The van der Waals surface area contributed by atoms with Crippen LogP contribution in [0.15, 0.2) is 48.5 Å². The van der Waals surface area contributed by atoms with E-state index in [0.717, 1.165) is 12.8 Å². The van der Waals surface area contributed by atoms with Gasteiger partial charge in [-0.2, -0.15) is 0 Å². The van der Waals surface area contributed by atoms with Crippen LogP contribution in [-0.4, -0.2) is 0 Å². The highest BCUT2D eigenvalue weighted by molar-refractivity contribution is 5.45. The standard InChI is InChI=1S/C21H27/c1-16(2)13-18-9-5-7-11-20(18)15-21-12-8-6-10-19(21)14-17(3)4/h5-12,15-17H,13-14H2,1-4H3. The summed E-state index contributed by atoms with van der Waals surface area (Å²) in [6.07, 6.45) is 4.63. The first kappa shape index (κ1) is 15.8. The van der Waals surface area contributed by atoms with Crippen molar-refractivity contribution >= 4 is 0 Å². The van der Waals surface area contributed by atoms with Gasteiger partial charge in [0.05, 0.1) is 0 Å². The van der Waals surface area contributed by atoms with Gasteiger partial charge in [-0.3, -0.25) is 0 Å². The average molecular weight is 279 g/mol. The molecule has 0 amide bonds. The Balaban J connectivity index is 2.26. The van der Waals surface area contributed by atoms with Gasteiger partial charge in [-0.05, 0) is 46.9 Å². The highest BCUT2D eigenvalue weighted by Crippen LogP contribution is 2.23. The third-order valence-electron chi connectivity index (χ3n) is 3.68. The van der Waals surface area contributed by atoms with Crippen LogP contribution in [0.5, 0.6) is 0 Å². The van der Waals surface area contributed by atoms with Crippen molar-refractivity contribution in [1.82, 2.24) is 0 Å². The lowest BCUT2D eigenvalue weighted by molar-refractivity contribution is 0.643. The summed E-state index contributed by atoms with van der Waals surface area (Å²) in [5, 5.41) is 0. The largest absolute Gasteiger partial charge is 0.0625 e. The molecular formula is C21H27. The Hall–Kier alpha value is -1.56. The molecule has 0 nitrogen and oxygen atoms in total. The molecule has 0 saturated heterocycles. The molecule has 0 heteroatoms. The number of hydrogen-bond acceptors (Lipinski definition) is 0. The Morgan fingerprint density at radius 1 is 0.667 bits per heavy atom. The molecule has 0 aliphatic rings. The van der Waals surface area contributed by atoms with E-state index in [1.165, 1.54) is 22.3 Å². The van der Waals surface area contributed by atoms with Gasteiger partial charge in [-0.25, -0.2) is 0 Å². The van der Waals surface area contributed by atoms with E-state index in [0.29, 0.717) is 11.8 Å². The maximum Gasteiger partial charge on any atom is 0.0204 e. The van der Waals surface area contributed by atoms with E-state index in [-0.39, 0.29) is 0 Å². The van der Waals surface area contributed by atoms with Crippen molar-refractivity contribution in [3.8, 4) is 0 Å². The van der Waals surface area contributed by atoms with Crippen LogP contribution in [0.4, 0.5) is 0 Å². The van der Waals surface area contributed by atoms with Crippen LogP contribution >= 0.6 is 0 Å². The lowest BCUT2D eigenvalue weighted by atomic mass is 9.90. The minimum atomic E-state index is 0.686. The van der Waals surface area contributed by atoms with Crippen LogP contribution in [0.2, 0.25) is 0 Å². The van der Waals surface area contributed by atoms with Crippen LogP contribution in [-0.2, 0) is 12.8 Å². The van der Waals surface area contributed by atoms with E-state index < -0.39 is 0 Å². The second-order valence-corrected chi connectivity index (χ2v) is 6.74. The summed E-state index contributed by atoms with van der Waals surface area (Å²) in [5.41, 5.74) is 5.63. The molecule has 111 valence electrons. The van der Waals surface area contributed by atoms with Gasteiger partial charge < -0.3 is 0 Å². The summed E-state index contributed by atoms with van der Waals surface area (Å²) in [6, 6.07) is 17.6. The number of benzene rings is 2. The first-order chi connectivity index (χ1) is 10.1. The summed E-state index contributed by atoms with van der Waals surface area (Å²) >= 11 is 0. The van der Waals surface area contributed by atoms with Crippen LogP contribution in [0.25, 0.3) is 0 Å². The van der Waals surface area contributed by atoms with E-state index in [1.54, 1.807) is 0 Å². The van der Waals surface area contributed by atoms with Gasteiger partial charge in [0.15, 0.2) is 0 Å². The van der Waals surface area contributed by atoms with Crippen LogP contribution in [0.3, 0.4) is 0 Å². The Labute approximate surface area is 130 Å². The molecule has 0 spiro atoms. The lowest BCUT2D eigenvalue weighted by Crippen LogP contribution is -2.02. The second-order valence-electron chi connectivity index (χ2n) is 6.74. The zero-order chi connectivity index (χ0) is 15.2. The second kappa shape index (κ2) is 7.45. The predicted molar refractivity (Wildman–Crippen MR) is 92.5 cm³/mol. The molecule has 0 aliphatic heterocycles. The smallest absolute Gasteiger partial charge is 0.0204 e. The van der Waals surface area contributed by atoms with Crippen molar-refractivity contribution < 1.29 is 0 Å². The van der Waals surface area contributed by atoms with Crippen molar-refractivity contribution in [2.75, 3.05) is 0 Å². The molecule has 0 unspecified atom stereocenters. The van der Waals surface area contributed by atoms with E-state index in [2.05, 4.69) is 82.6 Å². The summed E-state index contributed by atoms with van der Waals surface area (Å²) < 4.78 is 0. The summed E-state index contributed by atoms with van der Waals surface area (Å²) in [5.74, 6) is 1.37. The van der Waals surface area contributed by atoms with E-state index >= 15 is 0 Å². The van der Waals surface area contributed by atoms with Gasteiger partial charge in [-0.1, -0.05) is 76.2 Å². The molecule has 0 N–H and O–H groups in total. The van der Waals surface area contributed by atoms with Gasteiger partial charge in [0.25, 0.3) is 0 Å². The molecule has 2 aromatic carbocycles. The van der Waals surface area contributed by atoms with Crippen LogP contribution in [0, 0.1) is 18.3 Å². The SMILES string of the molecule is CC(C)Cc1ccccc1[CH]c1ccccc1CC(C)C. The van der Waals surface area contributed by atoms with E-state index in [1.807, 2.05) is 0 Å². The van der Waals surface area contributed by atoms with Crippen molar-refractivity contribution in [2.45, 2.75) is 40.5 Å². The molecule has 0 heterocycles. The molecular weight excluding hydrogens is 252 g/mol.